The summed E-state index contributed by atoms with van der Waals surface area (Å²) in [5, 5.41) is 2.70. The molecular weight excluding hydrogens is 222 g/mol. The number of nitrogen functional groups attached to an aromatic ring is 1. The standard InChI is InChI=1S/C10H13N5O2/c11-8-6-12-5-7(14-8)10(17)15-3-1-9(16)13-2-4-15/h5-6H,1-4H2,(H2,11,14)(H,13,16). The van der Waals surface area contributed by atoms with Gasteiger partial charge in [0.05, 0.1) is 12.4 Å². The second-order valence-corrected chi connectivity index (χ2v) is 3.72. The maximum absolute atomic E-state index is 12.0. The van der Waals surface area contributed by atoms with Crippen molar-refractivity contribution in [2.45, 2.75) is 6.42 Å². The SMILES string of the molecule is Nc1cncc(C(=O)N2CCNC(=O)CC2)n1. The van der Waals surface area contributed by atoms with Crippen LogP contribution in [0.5, 0.6) is 0 Å². The molecule has 0 aromatic carbocycles. The number of amides is 2. The zero-order valence-corrected chi connectivity index (χ0v) is 9.22. The molecule has 1 aromatic heterocycles. The lowest BCUT2D eigenvalue weighted by atomic mass is 10.3. The van der Waals surface area contributed by atoms with Gasteiger partial charge in [-0.05, 0) is 0 Å². The van der Waals surface area contributed by atoms with Crippen molar-refractivity contribution in [3.05, 3.63) is 18.1 Å². The largest absolute Gasteiger partial charge is 0.382 e. The Labute approximate surface area is 98.0 Å². The van der Waals surface area contributed by atoms with Crippen LogP contribution in [0, 0.1) is 0 Å². The summed E-state index contributed by atoms with van der Waals surface area (Å²) in [5.74, 6) is -0.0832. The molecule has 2 amide bonds. The number of aromatic nitrogens is 2. The van der Waals surface area contributed by atoms with Crippen molar-refractivity contribution in [3.8, 4) is 0 Å². The highest BCUT2D eigenvalue weighted by atomic mass is 16.2. The van der Waals surface area contributed by atoms with Gasteiger partial charge in [-0.15, -0.1) is 0 Å². The first-order valence-corrected chi connectivity index (χ1v) is 5.30. The van der Waals surface area contributed by atoms with Crippen LogP contribution in [0.25, 0.3) is 0 Å². The van der Waals surface area contributed by atoms with E-state index in [-0.39, 0.29) is 23.3 Å². The van der Waals surface area contributed by atoms with Crippen molar-refractivity contribution < 1.29 is 9.59 Å². The summed E-state index contributed by atoms with van der Waals surface area (Å²) in [6, 6.07) is 0. The molecule has 1 fully saturated rings. The Morgan fingerprint density at radius 1 is 1.41 bits per heavy atom. The van der Waals surface area contributed by atoms with E-state index in [0.29, 0.717) is 26.1 Å². The van der Waals surface area contributed by atoms with Gasteiger partial charge in [-0.3, -0.25) is 14.6 Å². The summed E-state index contributed by atoms with van der Waals surface area (Å²) in [5.41, 5.74) is 5.68. The number of rotatable bonds is 1. The Bertz CT molecular complexity index is 448. The summed E-state index contributed by atoms with van der Waals surface area (Å²) < 4.78 is 0. The van der Waals surface area contributed by atoms with Crippen LogP contribution in [0.1, 0.15) is 16.9 Å². The van der Waals surface area contributed by atoms with E-state index in [1.54, 1.807) is 4.90 Å². The summed E-state index contributed by atoms with van der Waals surface area (Å²) in [6.45, 7) is 1.32. The van der Waals surface area contributed by atoms with Crippen molar-refractivity contribution in [1.29, 1.82) is 0 Å². The van der Waals surface area contributed by atoms with Crippen LogP contribution in [0.15, 0.2) is 12.4 Å². The lowest BCUT2D eigenvalue weighted by Gasteiger charge is -2.18. The molecule has 17 heavy (non-hydrogen) atoms. The fourth-order valence-corrected chi connectivity index (χ4v) is 1.62. The van der Waals surface area contributed by atoms with Gasteiger partial charge in [0.1, 0.15) is 11.5 Å². The molecule has 1 saturated heterocycles. The van der Waals surface area contributed by atoms with E-state index in [9.17, 15) is 9.59 Å². The maximum Gasteiger partial charge on any atom is 0.274 e. The third kappa shape index (κ3) is 2.68. The number of nitrogens with one attached hydrogen (secondary N) is 1. The molecule has 0 atom stereocenters. The van der Waals surface area contributed by atoms with Gasteiger partial charge >= 0.3 is 0 Å². The molecule has 0 radical (unpaired) electrons. The van der Waals surface area contributed by atoms with E-state index >= 15 is 0 Å². The topological polar surface area (TPSA) is 101 Å². The maximum atomic E-state index is 12.0. The van der Waals surface area contributed by atoms with Crippen LogP contribution in [-0.4, -0.2) is 46.3 Å². The van der Waals surface area contributed by atoms with Crippen LogP contribution in [0.2, 0.25) is 0 Å². The van der Waals surface area contributed by atoms with Gasteiger partial charge in [0.2, 0.25) is 5.91 Å². The van der Waals surface area contributed by atoms with Crippen LogP contribution >= 0.6 is 0 Å². The first-order chi connectivity index (χ1) is 8.16. The number of anilines is 1. The molecule has 3 N–H and O–H groups in total. The van der Waals surface area contributed by atoms with Gasteiger partial charge in [-0.1, -0.05) is 0 Å². The Morgan fingerprint density at radius 2 is 2.24 bits per heavy atom. The van der Waals surface area contributed by atoms with Crippen LogP contribution in [0.4, 0.5) is 5.82 Å². The minimum atomic E-state index is -0.249. The van der Waals surface area contributed by atoms with E-state index < -0.39 is 0 Å². The van der Waals surface area contributed by atoms with Gasteiger partial charge in [0, 0.05) is 26.1 Å². The second kappa shape index (κ2) is 4.77. The van der Waals surface area contributed by atoms with Crippen LogP contribution in [0.3, 0.4) is 0 Å². The van der Waals surface area contributed by atoms with Crippen molar-refractivity contribution in [3.63, 3.8) is 0 Å². The molecule has 7 heteroatoms. The molecule has 1 aliphatic rings. The summed E-state index contributed by atoms with van der Waals surface area (Å²) in [4.78, 5) is 32.5. The number of carbonyl (C=O) groups is 2. The second-order valence-electron chi connectivity index (χ2n) is 3.72. The Morgan fingerprint density at radius 3 is 3.00 bits per heavy atom. The number of hydrogen-bond donors (Lipinski definition) is 2. The third-order valence-electron chi connectivity index (χ3n) is 2.47. The molecular formula is C10H13N5O2. The lowest BCUT2D eigenvalue weighted by Crippen LogP contribution is -2.34. The van der Waals surface area contributed by atoms with Crippen molar-refractivity contribution in [2.75, 3.05) is 25.4 Å². The molecule has 0 bridgehead atoms. The summed E-state index contributed by atoms with van der Waals surface area (Å²) >= 11 is 0. The minimum absolute atomic E-state index is 0.0426. The highest BCUT2D eigenvalue weighted by molar-refractivity contribution is 5.92. The molecule has 0 saturated carbocycles. The third-order valence-corrected chi connectivity index (χ3v) is 2.47. The van der Waals surface area contributed by atoms with Crippen molar-refractivity contribution in [2.24, 2.45) is 0 Å². The average Bonchev–Trinajstić information content (AvgIpc) is 2.53. The molecule has 90 valence electrons. The van der Waals surface area contributed by atoms with E-state index in [4.69, 9.17) is 5.73 Å². The smallest absolute Gasteiger partial charge is 0.274 e. The van der Waals surface area contributed by atoms with E-state index in [2.05, 4.69) is 15.3 Å². The quantitative estimate of drug-likeness (QED) is 0.651. The minimum Gasteiger partial charge on any atom is -0.382 e. The molecule has 7 nitrogen and oxygen atoms in total. The Hall–Kier alpha value is -2.18. The van der Waals surface area contributed by atoms with Gasteiger partial charge in [-0.25, -0.2) is 4.98 Å². The van der Waals surface area contributed by atoms with Crippen molar-refractivity contribution >= 4 is 17.6 Å². The molecule has 0 aliphatic carbocycles. The molecule has 1 aromatic rings. The van der Waals surface area contributed by atoms with E-state index in [1.165, 1.54) is 12.4 Å². The zero-order chi connectivity index (χ0) is 12.3. The molecule has 2 rings (SSSR count). The summed E-state index contributed by atoms with van der Waals surface area (Å²) in [7, 11) is 0. The van der Waals surface area contributed by atoms with E-state index in [0.717, 1.165) is 0 Å². The number of hydrogen-bond acceptors (Lipinski definition) is 5. The number of carbonyl (C=O) groups excluding carboxylic acids is 2. The van der Waals surface area contributed by atoms with Gasteiger partial charge in [-0.2, -0.15) is 0 Å². The Balaban J connectivity index is 2.11. The highest BCUT2D eigenvalue weighted by Crippen LogP contribution is 2.05. The average molecular weight is 235 g/mol. The first-order valence-electron chi connectivity index (χ1n) is 5.30. The summed E-state index contributed by atoms with van der Waals surface area (Å²) in [6.07, 6.45) is 3.06. The van der Waals surface area contributed by atoms with Crippen molar-refractivity contribution in [1.82, 2.24) is 20.2 Å². The fraction of sp³-hybridized carbons (Fsp3) is 0.400. The molecule has 0 unspecified atom stereocenters. The fourth-order valence-electron chi connectivity index (χ4n) is 1.62. The predicted molar refractivity (Wildman–Crippen MR) is 60.0 cm³/mol. The number of nitrogens with zero attached hydrogens (tertiary/aromatic N) is 3. The van der Waals surface area contributed by atoms with Gasteiger partial charge < -0.3 is 16.0 Å². The molecule has 0 spiro atoms. The lowest BCUT2D eigenvalue weighted by molar-refractivity contribution is -0.120. The van der Waals surface area contributed by atoms with Gasteiger partial charge in [0.25, 0.3) is 5.91 Å². The highest BCUT2D eigenvalue weighted by Gasteiger charge is 2.20. The normalized spacial score (nSPS) is 16.2. The van der Waals surface area contributed by atoms with Crippen LogP contribution in [-0.2, 0) is 4.79 Å². The molecule has 2 heterocycles. The number of nitrogens with two attached hydrogens (primary N) is 1. The first kappa shape index (κ1) is 11.3. The predicted octanol–water partition coefficient (Wildman–Crippen LogP) is -0.979. The monoisotopic (exact) mass is 235 g/mol. The Kier molecular flexibility index (Phi) is 3.17. The van der Waals surface area contributed by atoms with Gasteiger partial charge in [0.15, 0.2) is 0 Å². The zero-order valence-electron chi connectivity index (χ0n) is 9.22. The van der Waals surface area contributed by atoms with E-state index in [1.807, 2.05) is 0 Å². The molecule has 1 aliphatic heterocycles. The van der Waals surface area contributed by atoms with Crippen LogP contribution < -0.4 is 11.1 Å².